The Balaban J connectivity index is 1.37. The van der Waals surface area contributed by atoms with Gasteiger partial charge in [0.2, 0.25) is 5.82 Å². The summed E-state index contributed by atoms with van der Waals surface area (Å²) in [6, 6.07) is 9.24. The number of piperazine rings is 1. The minimum Gasteiger partial charge on any atom is -0.480 e. The third-order valence-electron chi connectivity index (χ3n) is 4.51. The van der Waals surface area contributed by atoms with Gasteiger partial charge in [-0.15, -0.1) is 10.2 Å². The molecule has 3 aromatic rings. The molecule has 0 radical (unpaired) electrons. The average molecular weight is 394 g/mol. The van der Waals surface area contributed by atoms with Crippen LogP contribution in [0.1, 0.15) is 10.4 Å². The highest BCUT2D eigenvalue weighted by atomic mass is 16.4. The van der Waals surface area contributed by atoms with Crippen LogP contribution < -0.4 is 4.90 Å². The molecule has 1 amide bonds. The molecule has 1 aliphatic heterocycles. The fourth-order valence-electron chi connectivity index (χ4n) is 3.04. The molecule has 0 saturated carbocycles. The van der Waals surface area contributed by atoms with Crippen molar-refractivity contribution in [3.8, 4) is 11.5 Å². The summed E-state index contributed by atoms with van der Waals surface area (Å²) in [7, 11) is 0. The third kappa shape index (κ3) is 4.18. The summed E-state index contributed by atoms with van der Waals surface area (Å²) in [5, 5.41) is 20.2. The normalized spacial score (nSPS) is 14.1. The lowest BCUT2D eigenvalue weighted by molar-refractivity contribution is -0.138. The average Bonchev–Trinajstić information content (AvgIpc) is 3.22. The SMILES string of the molecule is O=C(O)Cn1nnc(-c2cnc(N3CCN(C(=O)c4ccccc4)CC3)cn2)n1. The zero-order valence-electron chi connectivity index (χ0n) is 15.4. The molecule has 1 aliphatic rings. The van der Waals surface area contributed by atoms with Gasteiger partial charge in [-0.1, -0.05) is 18.2 Å². The second-order valence-corrected chi connectivity index (χ2v) is 6.44. The molecular formula is C18H18N8O3. The summed E-state index contributed by atoms with van der Waals surface area (Å²) in [6.45, 7) is 2.13. The minimum absolute atomic E-state index is 0.0298. The quantitative estimate of drug-likeness (QED) is 0.644. The molecule has 1 fully saturated rings. The number of hydrogen-bond acceptors (Lipinski definition) is 8. The van der Waals surface area contributed by atoms with Crippen molar-refractivity contribution in [3.63, 3.8) is 0 Å². The van der Waals surface area contributed by atoms with E-state index in [2.05, 4.69) is 30.3 Å². The maximum Gasteiger partial charge on any atom is 0.327 e. The van der Waals surface area contributed by atoms with E-state index in [1.807, 2.05) is 35.2 Å². The van der Waals surface area contributed by atoms with Crippen LogP contribution in [0, 0.1) is 0 Å². The van der Waals surface area contributed by atoms with Crippen molar-refractivity contribution in [2.75, 3.05) is 31.1 Å². The van der Waals surface area contributed by atoms with Gasteiger partial charge in [0.15, 0.2) is 6.54 Å². The Bertz CT molecular complexity index is 997. The van der Waals surface area contributed by atoms with Crippen molar-refractivity contribution < 1.29 is 14.7 Å². The minimum atomic E-state index is -1.06. The lowest BCUT2D eigenvalue weighted by Crippen LogP contribution is -2.49. The van der Waals surface area contributed by atoms with Gasteiger partial charge in [0.05, 0.1) is 12.4 Å². The van der Waals surface area contributed by atoms with Crippen molar-refractivity contribution in [2.24, 2.45) is 0 Å². The zero-order chi connectivity index (χ0) is 20.2. The number of tetrazole rings is 1. The van der Waals surface area contributed by atoms with Crippen LogP contribution in [-0.4, -0.2) is 78.2 Å². The Labute approximate surface area is 165 Å². The van der Waals surface area contributed by atoms with E-state index >= 15 is 0 Å². The van der Waals surface area contributed by atoms with Gasteiger partial charge in [0.1, 0.15) is 11.5 Å². The first-order valence-electron chi connectivity index (χ1n) is 9.01. The van der Waals surface area contributed by atoms with Crippen LogP contribution in [0.5, 0.6) is 0 Å². The highest BCUT2D eigenvalue weighted by Crippen LogP contribution is 2.17. The lowest BCUT2D eigenvalue weighted by atomic mass is 10.2. The molecule has 0 atom stereocenters. The number of amides is 1. The predicted octanol–water partition coefficient (Wildman–Crippen LogP) is 0.177. The molecule has 4 rings (SSSR count). The van der Waals surface area contributed by atoms with Crippen LogP contribution >= 0.6 is 0 Å². The second-order valence-electron chi connectivity index (χ2n) is 6.44. The number of hydrogen-bond donors (Lipinski definition) is 1. The van der Waals surface area contributed by atoms with Gasteiger partial charge in [-0.05, 0) is 17.3 Å². The molecule has 0 bridgehead atoms. The van der Waals surface area contributed by atoms with Crippen LogP contribution in [0.4, 0.5) is 5.82 Å². The first-order chi connectivity index (χ1) is 14.1. The molecule has 1 N–H and O–H groups in total. The Hall–Kier alpha value is -3.89. The van der Waals surface area contributed by atoms with Crippen molar-refractivity contribution in [2.45, 2.75) is 6.54 Å². The van der Waals surface area contributed by atoms with E-state index in [0.29, 0.717) is 43.3 Å². The topological polar surface area (TPSA) is 130 Å². The summed E-state index contributed by atoms with van der Waals surface area (Å²) < 4.78 is 0. The van der Waals surface area contributed by atoms with Crippen molar-refractivity contribution in [1.29, 1.82) is 0 Å². The molecule has 0 unspecified atom stereocenters. The van der Waals surface area contributed by atoms with E-state index in [0.717, 1.165) is 4.80 Å². The van der Waals surface area contributed by atoms with Crippen LogP contribution in [0.3, 0.4) is 0 Å². The van der Waals surface area contributed by atoms with Gasteiger partial charge in [0.25, 0.3) is 5.91 Å². The van der Waals surface area contributed by atoms with E-state index in [-0.39, 0.29) is 18.3 Å². The largest absolute Gasteiger partial charge is 0.480 e. The zero-order valence-corrected chi connectivity index (χ0v) is 15.4. The monoisotopic (exact) mass is 394 g/mol. The molecule has 1 saturated heterocycles. The van der Waals surface area contributed by atoms with Crippen LogP contribution in [0.2, 0.25) is 0 Å². The van der Waals surface area contributed by atoms with Crippen molar-refractivity contribution in [3.05, 3.63) is 48.3 Å². The van der Waals surface area contributed by atoms with E-state index in [1.54, 1.807) is 6.20 Å². The molecule has 148 valence electrons. The lowest BCUT2D eigenvalue weighted by Gasteiger charge is -2.35. The highest BCUT2D eigenvalue weighted by Gasteiger charge is 2.23. The van der Waals surface area contributed by atoms with Gasteiger partial charge >= 0.3 is 5.97 Å². The van der Waals surface area contributed by atoms with Gasteiger partial charge in [0, 0.05) is 31.7 Å². The summed E-state index contributed by atoms with van der Waals surface area (Å²) >= 11 is 0. The third-order valence-corrected chi connectivity index (χ3v) is 4.51. The number of carbonyl (C=O) groups excluding carboxylic acids is 1. The molecule has 0 spiro atoms. The summed E-state index contributed by atoms with van der Waals surface area (Å²) in [5.74, 6) is -0.121. The number of benzene rings is 1. The first kappa shape index (κ1) is 18.5. The number of nitrogens with zero attached hydrogens (tertiary/aromatic N) is 8. The number of anilines is 1. The van der Waals surface area contributed by atoms with Gasteiger partial charge in [-0.2, -0.15) is 4.80 Å². The molecule has 3 heterocycles. The summed E-state index contributed by atoms with van der Waals surface area (Å²) in [5.41, 5.74) is 1.09. The molecule has 11 heteroatoms. The number of carboxylic acids is 1. The van der Waals surface area contributed by atoms with Crippen LogP contribution in [0.15, 0.2) is 42.7 Å². The summed E-state index contributed by atoms with van der Waals surface area (Å²) in [6.07, 6.45) is 3.14. The number of aliphatic carboxylic acids is 1. The molecule has 11 nitrogen and oxygen atoms in total. The van der Waals surface area contributed by atoms with Gasteiger partial charge < -0.3 is 14.9 Å². The molecule has 29 heavy (non-hydrogen) atoms. The smallest absolute Gasteiger partial charge is 0.327 e. The Morgan fingerprint density at radius 2 is 1.76 bits per heavy atom. The first-order valence-corrected chi connectivity index (χ1v) is 9.01. The van der Waals surface area contributed by atoms with E-state index in [1.165, 1.54) is 6.20 Å². The van der Waals surface area contributed by atoms with Gasteiger partial charge in [-0.3, -0.25) is 9.59 Å². The second kappa shape index (κ2) is 8.00. The van der Waals surface area contributed by atoms with Crippen LogP contribution in [-0.2, 0) is 11.3 Å². The fraction of sp³-hybridized carbons (Fsp3) is 0.278. The van der Waals surface area contributed by atoms with Gasteiger partial charge in [-0.25, -0.2) is 9.97 Å². The maximum atomic E-state index is 12.5. The van der Waals surface area contributed by atoms with E-state index in [4.69, 9.17) is 5.11 Å². The standard InChI is InChI=1S/C18H18N8O3/c27-16(28)12-26-22-17(21-23-26)14-10-20-15(11-19-14)24-6-8-25(9-7-24)18(29)13-4-2-1-3-5-13/h1-5,10-11H,6-9,12H2,(H,27,28). The molecule has 0 aliphatic carbocycles. The Morgan fingerprint density at radius 1 is 1.00 bits per heavy atom. The molecule has 2 aromatic heterocycles. The number of carboxylic acid groups (broad SMARTS) is 1. The highest BCUT2D eigenvalue weighted by molar-refractivity contribution is 5.94. The fourth-order valence-corrected chi connectivity index (χ4v) is 3.04. The van der Waals surface area contributed by atoms with E-state index in [9.17, 15) is 9.59 Å². The van der Waals surface area contributed by atoms with E-state index < -0.39 is 5.97 Å². The summed E-state index contributed by atoms with van der Waals surface area (Å²) in [4.78, 5) is 36.8. The molecular weight excluding hydrogens is 376 g/mol. The molecule has 1 aromatic carbocycles. The maximum absolute atomic E-state index is 12.5. The predicted molar refractivity (Wildman–Crippen MR) is 101 cm³/mol. The van der Waals surface area contributed by atoms with Crippen molar-refractivity contribution in [1.82, 2.24) is 35.1 Å². The Kier molecular flexibility index (Phi) is 5.10. The Morgan fingerprint density at radius 3 is 2.41 bits per heavy atom. The van der Waals surface area contributed by atoms with Crippen LogP contribution in [0.25, 0.3) is 11.5 Å². The van der Waals surface area contributed by atoms with Crippen molar-refractivity contribution >= 4 is 17.7 Å². The number of aromatic nitrogens is 6. The number of carbonyl (C=O) groups is 2. The number of rotatable bonds is 5.